The summed E-state index contributed by atoms with van der Waals surface area (Å²) in [5, 5.41) is 0. The Labute approximate surface area is 156 Å². The summed E-state index contributed by atoms with van der Waals surface area (Å²) >= 11 is 0. The van der Waals surface area contributed by atoms with Crippen molar-refractivity contribution in [2.45, 2.75) is 76.7 Å². The summed E-state index contributed by atoms with van der Waals surface area (Å²) in [7, 11) is 0. The molecule has 0 aromatic carbocycles. The van der Waals surface area contributed by atoms with Gasteiger partial charge in [-0.1, -0.05) is 32.4 Å². The number of hydrogen-bond acceptors (Lipinski definition) is 4. The normalized spacial score (nSPS) is 42.8. The Morgan fingerprint density at radius 1 is 1.42 bits per heavy atom. The van der Waals surface area contributed by atoms with Crippen LogP contribution in [0.2, 0.25) is 0 Å². The van der Waals surface area contributed by atoms with E-state index in [0.29, 0.717) is 13.0 Å². The van der Waals surface area contributed by atoms with E-state index in [1.807, 2.05) is 17.9 Å². The maximum atomic E-state index is 13.8. The van der Waals surface area contributed by atoms with Crippen molar-refractivity contribution in [1.29, 1.82) is 0 Å². The Kier molecular flexibility index (Phi) is 4.51. The van der Waals surface area contributed by atoms with Gasteiger partial charge in [-0.05, 0) is 39.0 Å². The number of carbonyl (C=O) groups excluding carboxylic acids is 2. The van der Waals surface area contributed by atoms with E-state index in [2.05, 4.69) is 19.9 Å². The first-order valence-corrected chi connectivity index (χ1v) is 10.3. The average molecular weight is 361 g/mol. The zero-order valence-electron chi connectivity index (χ0n) is 16.2. The molecule has 3 aliphatic heterocycles. The van der Waals surface area contributed by atoms with Crippen LogP contribution in [-0.2, 0) is 19.1 Å². The van der Waals surface area contributed by atoms with Gasteiger partial charge >= 0.3 is 0 Å². The Bertz CT molecular complexity index is 632. The largest absolute Gasteiger partial charge is 0.371 e. The molecule has 0 aromatic heterocycles. The molecule has 0 saturated carbocycles. The van der Waals surface area contributed by atoms with Crippen molar-refractivity contribution in [3.05, 3.63) is 12.2 Å². The van der Waals surface area contributed by atoms with Gasteiger partial charge < -0.3 is 9.47 Å². The van der Waals surface area contributed by atoms with Crippen LogP contribution in [0.25, 0.3) is 0 Å². The second kappa shape index (κ2) is 6.45. The van der Waals surface area contributed by atoms with Crippen molar-refractivity contribution >= 4 is 11.7 Å². The van der Waals surface area contributed by atoms with E-state index in [0.717, 1.165) is 32.1 Å². The van der Waals surface area contributed by atoms with E-state index in [4.69, 9.17) is 9.47 Å². The van der Waals surface area contributed by atoms with Crippen LogP contribution in [0.5, 0.6) is 0 Å². The fraction of sp³-hybridized carbons (Fsp3) is 0.810. The zero-order valence-corrected chi connectivity index (χ0v) is 16.2. The third-order valence-corrected chi connectivity index (χ3v) is 7.19. The lowest BCUT2D eigenvalue weighted by Crippen LogP contribution is -2.65. The summed E-state index contributed by atoms with van der Waals surface area (Å²) in [5.74, 6) is 0.0355. The summed E-state index contributed by atoms with van der Waals surface area (Å²) < 4.78 is 12.3. The lowest BCUT2D eigenvalue weighted by atomic mass is 9.70. The van der Waals surface area contributed by atoms with Crippen molar-refractivity contribution in [3.63, 3.8) is 0 Å². The molecule has 4 aliphatic rings. The molecule has 0 aromatic rings. The third kappa shape index (κ3) is 2.22. The van der Waals surface area contributed by atoms with Crippen molar-refractivity contribution in [3.8, 4) is 0 Å². The van der Waals surface area contributed by atoms with Gasteiger partial charge in [0.05, 0.1) is 12.5 Å². The van der Waals surface area contributed by atoms with Gasteiger partial charge in [-0.15, -0.1) is 0 Å². The lowest BCUT2D eigenvalue weighted by Gasteiger charge is -2.43. The molecule has 4 rings (SSSR count). The second-order valence-electron chi connectivity index (χ2n) is 8.66. The highest BCUT2D eigenvalue weighted by molar-refractivity contribution is 6.02. The number of hydrogen-bond donors (Lipinski definition) is 0. The number of Topliss-reactive ketones (excluding diaryl/α,β-unsaturated/α-hetero) is 1. The fourth-order valence-corrected chi connectivity index (χ4v) is 5.75. The number of ether oxygens (including phenoxy) is 2. The minimum atomic E-state index is -0.968. The van der Waals surface area contributed by atoms with Crippen molar-refractivity contribution in [1.82, 2.24) is 4.90 Å². The first kappa shape index (κ1) is 18.2. The molecule has 3 heterocycles. The smallest absolute Gasteiger partial charge is 0.231 e. The highest BCUT2D eigenvalue weighted by atomic mass is 16.5. The SMILES string of the molecule is CCCC(C)[C@H]1OC[C@@]2(C(=O)[C@@H]3C=CCCC3)N1C(=O)[C@H]1CCO[C@]12C. The fourth-order valence-electron chi connectivity index (χ4n) is 5.75. The van der Waals surface area contributed by atoms with Crippen molar-refractivity contribution in [2.75, 3.05) is 13.2 Å². The Morgan fingerprint density at radius 3 is 2.92 bits per heavy atom. The molecule has 26 heavy (non-hydrogen) atoms. The molecule has 144 valence electrons. The zero-order chi connectivity index (χ0) is 18.5. The van der Waals surface area contributed by atoms with E-state index in [9.17, 15) is 9.59 Å². The monoisotopic (exact) mass is 361 g/mol. The molecule has 6 atom stereocenters. The van der Waals surface area contributed by atoms with E-state index < -0.39 is 11.1 Å². The second-order valence-corrected chi connectivity index (χ2v) is 8.66. The molecule has 3 fully saturated rings. The number of carbonyl (C=O) groups is 2. The van der Waals surface area contributed by atoms with Gasteiger partial charge in [0.15, 0.2) is 11.3 Å². The summed E-state index contributed by atoms with van der Waals surface area (Å²) in [6.07, 6.45) is 9.45. The van der Waals surface area contributed by atoms with Gasteiger partial charge in [0.2, 0.25) is 5.91 Å². The maximum Gasteiger partial charge on any atom is 0.231 e. The Hall–Kier alpha value is -1.20. The number of amides is 1. The van der Waals surface area contributed by atoms with Crippen LogP contribution in [0.1, 0.15) is 59.3 Å². The average Bonchev–Trinajstić information content (AvgIpc) is 3.28. The van der Waals surface area contributed by atoms with E-state index in [1.165, 1.54) is 0 Å². The van der Waals surface area contributed by atoms with Crippen LogP contribution >= 0.6 is 0 Å². The van der Waals surface area contributed by atoms with Gasteiger partial charge in [0.1, 0.15) is 11.8 Å². The van der Waals surface area contributed by atoms with Gasteiger partial charge in [-0.2, -0.15) is 0 Å². The van der Waals surface area contributed by atoms with E-state index in [-0.39, 0.29) is 42.3 Å². The number of nitrogens with zero attached hydrogens (tertiary/aromatic N) is 1. The first-order valence-electron chi connectivity index (χ1n) is 10.3. The van der Waals surface area contributed by atoms with Gasteiger partial charge in [-0.3, -0.25) is 14.5 Å². The van der Waals surface area contributed by atoms with Gasteiger partial charge in [-0.25, -0.2) is 0 Å². The number of ketones is 1. The Morgan fingerprint density at radius 2 is 2.23 bits per heavy atom. The topological polar surface area (TPSA) is 55.8 Å². The molecule has 0 radical (unpaired) electrons. The minimum Gasteiger partial charge on any atom is -0.371 e. The van der Waals surface area contributed by atoms with Crippen LogP contribution in [0.3, 0.4) is 0 Å². The highest BCUT2D eigenvalue weighted by Gasteiger charge is 2.76. The van der Waals surface area contributed by atoms with Crippen LogP contribution < -0.4 is 0 Å². The lowest BCUT2D eigenvalue weighted by molar-refractivity contribution is -0.151. The summed E-state index contributed by atoms with van der Waals surface area (Å²) in [6.45, 7) is 7.06. The molecular formula is C21H31NO4. The first-order chi connectivity index (χ1) is 12.5. The maximum absolute atomic E-state index is 13.8. The third-order valence-electron chi connectivity index (χ3n) is 7.19. The van der Waals surface area contributed by atoms with Crippen molar-refractivity contribution < 1.29 is 19.1 Å². The number of fused-ring (bicyclic) bond motifs is 3. The molecular weight excluding hydrogens is 330 g/mol. The standard InChI is InChI=1S/C21H31NO4/c1-4-8-14(2)19-22-18(24)16-11-12-26-20(16,3)21(22,13-25-19)17(23)15-9-6-5-7-10-15/h6,9,14-16,19H,4-5,7-8,10-13H2,1-3H3/t14?,15-,16-,19-,20-,21+/m1/s1. The molecule has 5 heteroatoms. The molecule has 3 saturated heterocycles. The minimum absolute atomic E-state index is 0.0589. The molecule has 1 amide bonds. The summed E-state index contributed by atoms with van der Waals surface area (Å²) in [6, 6.07) is 0. The molecule has 0 bridgehead atoms. The van der Waals surface area contributed by atoms with Crippen LogP contribution in [0.15, 0.2) is 12.2 Å². The van der Waals surface area contributed by atoms with Gasteiger partial charge in [0, 0.05) is 18.4 Å². The predicted molar refractivity (Wildman–Crippen MR) is 97.3 cm³/mol. The van der Waals surface area contributed by atoms with Crippen LogP contribution in [0, 0.1) is 17.8 Å². The number of allylic oxidation sites excluding steroid dienone is 2. The van der Waals surface area contributed by atoms with Gasteiger partial charge in [0.25, 0.3) is 0 Å². The summed E-state index contributed by atoms with van der Waals surface area (Å²) in [4.78, 5) is 29.0. The Balaban J connectivity index is 1.77. The molecule has 1 aliphatic carbocycles. The molecule has 1 unspecified atom stereocenters. The summed E-state index contributed by atoms with van der Waals surface area (Å²) in [5.41, 5.74) is -1.74. The predicted octanol–water partition coefficient (Wildman–Crippen LogP) is 3.08. The van der Waals surface area contributed by atoms with Crippen molar-refractivity contribution in [2.24, 2.45) is 17.8 Å². The van der Waals surface area contributed by atoms with E-state index >= 15 is 0 Å². The molecule has 5 nitrogen and oxygen atoms in total. The highest BCUT2D eigenvalue weighted by Crippen LogP contribution is 2.56. The molecule has 0 spiro atoms. The molecule has 0 N–H and O–H groups in total. The van der Waals surface area contributed by atoms with Crippen LogP contribution in [0.4, 0.5) is 0 Å². The van der Waals surface area contributed by atoms with Crippen LogP contribution in [-0.4, -0.2) is 47.2 Å². The van der Waals surface area contributed by atoms with E-state index in [1.54, 1.807) is 0 Å². The quantitative estimate of drug-likeness (QED) is 0.706. The number of rotatable bonds is 5.